The number of thiazole rings is 1. The largest absolute Gasteiger partial charge is 0.497 e. The van der Waals surface area contributed by atoms with Gasteiger partial charge in [-0.05, 0) is 50.6 Å². The average Bonchev–Trinajstić information content (AvgIpc) is 3.30. The quantitative estimate of drug-likeness (QED) is 0.392. The first-order valence-corrected chi connectivity index (χ1v) is 11.3. The number of hydrogen-bond acceptors (Lipinski definition) is 5. The number of amides is 1. The Morgan fingerprint density at radius 1 is 1.09 bits per heavy atom. The van der Waals surface area contributed by atoms with Gasteiger partial charge in [0.25, 0.3) is 5.91 Å². The van der Waals surface area contributed by atoms with E-state index in [9.17, 15) is 4.79 Å². The minimum atomic E-state index is -0.237. The van der Waals surface area contributed by atoms with Crippen LogP contribution in [0.4, 0.5) is 5.69 Å². The van der Waals surface area contributed by atoms with Gasteiger partial charge in [-0.2, -0.15) is 5.10 Å². The van der Waals surface area contributed by atoms with E-state index in [2.05, 4.69) is 22.4 Å². The molecule has 0 unspecified atom stereocenters. The molecule has 0 radical (unpaired) electrons. The predicted octanol–water partition coefficient (Wildman–Crippen LogP) is 5.76. The topological polar surface area (TPSA) is 69.0 Å². The summed E-state index contributed by atoms with van der Waals surface area (Å²) >= 11 is 7.48. The molecule has 1 amide bonds. The number of rotatable bonds is 6. The molecule has 0 bridgehead atoms. The van der Waals surface area contributed by atoms with E-state index >= 15 is 0 Å². The zero-order valence-electron chi connectivity index (χ0n) is 18.3. The molecule has 32 heavy (non-hydrogen) atoms. The van der Waals surface area contributed by atoms with Crippen LogP contribution in [0.2, 0.25) is 5.02 Å². The third-order valence-corrected chi connectivity index (χ3v) is 6.74. The molecule has 2 heterocycles. The lowest BCUT2D eigenvalue weighted by atomic mass is 10.0. The second-order valence-corrected chi connectivity index (χ2v) is 8.82. The van der Waals surface area contributed by atoms with Crippen LogP contribution in [0.3, 0.4) is 0 Å². The van der Waals surface area contributed by atoms with Crippen LogP contribution in [0.5, 0.6) is 5.75 Å². The third-order valence-electron chi connectivity index (χ3n) is 5.28. The molecule has 1 N–H and O–H groups in total. The second-order valence-electron chi connectivity index (χ2n) is 7.43. The molecule has 8 heteroatoms. The van der Waals surface area contributed by atoms with Gasteiger partial charge in [0.1, 0.15) is 10.6 Å². The second kappa shape index (κ2) is 9.14. The van der Waals surface area contributed by atoms with Crippen molar-refractivity contribution in [2.24, 2.45) is 0 Å². The van der Waals surface area contributed by atoms with Crippen LogP contribution in [0.1, 0.15) is 37.9 Å². The number of ether oxygens (including phenoxy) is 1. The number of anilines is 1. The Kier molecular flexibility index (Phi) is 6.30. The van der Waals surface area contributed by atoms with E-state index in [0.29, 0.717) is 26.4 Å². The Balaban J connectivity index is 1.60. The highest BCUT2D eigenvalue weighted by Crippen LogP contribution is 2.28. The van der Waals surface area contributed by atoms with E-state index in [1.165, 1.54) is 16.9 Å². The SMILES string of the molecule is COc1ccc(Cc2c(C)nn(-c3nc(C)c(C(=O)Nc4ccccc4Cl)s3)c2C)cc1. The maximum atomic E-state index is 12.8. The summed E-state index contributed by atoms with van der Waals surface area (Å²) in [5.41, 5.74) is 5.48. The van der Waals surface area contributed by atoms with Crippen LogP contribution in [0.15, 0.2) is 48.5 Å². The summed E-state index contributed by atoms with van der Waals surface area (Å²) in [4.78, 5) is 18.0. The molecule has 0 aliphatic carbocycles. The van der Waals surface area contributed by atoms with Crippen molar-refractivity contribution in [3.05, 3.63) is 86.6 Å². The Morgan fingerprint density at radius 3 is 2.50 bits per heavy atom. The number of aryl methyl sites for hydroxylation is 2. The summed E-state index contributed by atoms with van der Waals surface area (Å²) in [5.74, 6) is 0.595. The fourth-order valence-electron chi connectivity index (χ4n) is 3.49. The van der Waals surface area contributed by atoms with Gasteiger partial charge in [0.15, 0.2) is 0 Å². The van der Waals surface area contributed by atoms with Gasteiger partial charge in [0.2, 0.25) is 5.13 Å². The van der Waals surface area contributed by atoms with Gasteiger partial charge in [-0.1, -0.05) is 47.2 Å². The molecule has 2 aromatic carbocycles. The van der Waals surface area contributed by atoms with Gasteiger partial charge in [-0.25, -0.2) is 9.67 Å². The van der Waals surface area contributed by atoms with Crippen molar-refractivity contribution >= 4 is 34.5 Å². The van der Waals surface area contributed by atoms with Crippen molar-refractivity contribution in [1.82, 2.24) is 14.8 Å². The first-order valence-electron chi connectivity index (χ1n) is 10.1. The monoisotopic (exact) mass is 466 g/mol. The van der Waals surface area contributed by atoms with Gasteiger partial charge in [-0.15, -0.1) is 0 Å². The normalized spacial score (nSPS) is 10.9. The van der Waals surface area contributed by atoms with Crippen LogP contribution in [-0.4, -0.2) is 27.8 Å². The van der Waals surface area contributed by atoms with Gasteiger partial charge in [-0.3, -0.25) is 4.79 Å². The van der Waals surface area contributed by atoms with Crippen molar-refractivity contribution in [2.75, 3.05) is 12.4 Å². The maximum absolute atomic E-state index is 12.8. The molecule has 4 aromatic rings. The van der Waals surface area contributed by atoms with Crippen molar-refractivity contribution in [3.63, 3.8) is 0 Å². The average molecular weight is 467 g/mol. The Labute approximate surface area is 195 Å². The first-order chi connectivity index (χ1) is 15.4. The molecule has 0 aliphatic rings. The Morgan fingerprint density at radius 2 is 1.81 bits per heavy atom. The molecule has 0 saturated heterocycles. The molecule has 4 rings (SSSR count). The summed E-state index contributed by atoms with van der Waals surface area (Å²) in [6, 6.07) is 15.2. The van der Waals surface area contributed by atoms with Crippen LogP contribution in [0, 0.1) is 20.8 Å². The highest BCUT2D eigenvalue weighted by molar-refractivity contribution is 7.16. The van der Waals surface area contributed by atoms with E-state index in [1.54, 1.807) is 19.2 Å². The predicted molar refractivity (Wildman–Crippen MR) is 129 cm³/mol. The maximum Gasteiger partial charge on any atom is 0.267 e. The molecule has 6 nitrogen and oxygen atoms in total. The summed E-state index contributed by atoms with van der Waals surface area (Å²) in [7, 11) is 1.66. The zero-order chi connectivity index (χ0) is 22.8. The lowest BCUT2D eigenvalue weighted by Gasteiger charge is -2.05. The zero-order valence-corrected chi connectivity index (χ0v) is 19.8. The Hall–Kier alpha value is -3.16. The minimum absolute atomic E-state index is 0.237. The van der Waals surface area contributed by atoms with Gasteiger partial charge in [0.05, 0.1) is 29.2 Å². The van der Waals surface area contributed by atoms with Crippen molar-refractivity contribution in [1.29, 1.82) is 0 Å². The van der Waals surface area contributed by atoms with Crippen LogP contribution < -0.4 is 10.1 Å². The Bertz CT molecular complexity index is 1280. The van der Waals surface area contributed by atoms with Gasteiger partial charge < -0.3 is 10.1 Å². The molecule has 0 saturated carbocycles. The van der Waals surface area contributed by atoms with Gasteiger partial charge in [0, 0.05) is 17.7 Å². The van der Waals surface area contributed by atoms with Gasteiger partial charge >= 0.3 is 0 Å². The number of nitrogens with one attached hydrogen (secondary N) is 1. The highest BCUT2D eigenvalue weighted by atomic mass is 35.5. The van der Waals surface area contributed by atoms with E-state index in [0.717, 1.165) is 29.1 Å². The number of benzene rings is 2. The fraction of sp³-hybridized carbons (Fsp3) is 0.208. The number of hydrogen-bond donors (Lipinski definition) is 1. The number of carbonyl (C=O) groups is 1. The lowest BCUT2D eigenvalue weighted by Crippen LogP contribution is -2.11. The summed E-state index contributed by atoms with van der Waals surface area (Å²) < 4.78 is 7.06. The number of nitrogens with zero attached hydrogens (tertiary/aromatic N) is 3. The van der Waals surface area contributed by atoms with Crippen molar-refractivity contribution in [3.8, 4) is 10.9 Å². The summed E-state index contributed by atoms with van der Waals surface area (Å²) in [5, 5.41) is 8.73. The van der Waals surface area contributed by atoms with Crippen LogP contribution >= 0.6 is 22.9 Å². The highest BCUT2D eigenvalue weighted by Gasteiger charge is 2.20. The molecule has 0 aliphatic heterocycles. The van der Waals surface area contributed by atoms with Crippen LogP contribution in [-0.2, 0) is 6.42 Å². The van der Waals surface area contributed by atoms with E-state index < -0.39 is 0 Å². The number of carbonyl (C=O) groups excluding carboxylic acids is 1. The molecule has 2 aromatic heterocycles. The van der Waals surface area contributed by atoms with Crippen molar-refractivity contribution < 1.29 is 9.53 Å². The molecule has 0 fully saturated rings. The number of aromatic nitrogens is 3. The first kappa shape index (κ1) is 22.0. The van der Waals surface area contributed by atoms with Crippen LogP contribution in [0.25, 0.3) is 5.13 Å². The fourth-order valence-corrected chi connectivity index (χ4v) is 4.64. The van der Waals surface area contributed by atoms with E-state index in [4.69, 9.17) is 21.4 Å². The lowest BCUT2D eigenvalue weighted by molar-refractivity contribution is 0.103. The number of halogens is 1. The van der Waals surface area contributed by atoms with Crippen molar-refractivity contribution in [2.45, 2.75) is 27.2 Å². The third kappa shape index (κ3) is 4.40. The molecular weight excluding hydrogens is 444 g/mol. The molecule has 0 spiro atoms. The molecule has 0 atom stereocenters. The standard InChI is InChI=1S/C24H23ClN4O2S/c1-14-19(13-17-9-11-18(31-4)12-10-17)16(3)29(28-14)24-26-15(2)22(32-24)23(30)27-21-8-6-5-7-20(21)25/h5-12H,13H2,1-4H3,(H,27,30). The van der Waals surface area contributed by atoms with E-state index in [-0.39, 0.29) is 5.91 Å². The number of methoxy groups -OCH3 is 1. The summed E-state index contributed by atoms with van der Waals surface area (Å²) in [6.07, 6.45) is 0.756. The smallest absolute Gasteiger partial charge is 0.267 e. The molecule has 164 valence electrons. The summed E-state index contributed by atoms with van der Waals surface area (Å²) in [6.45, 7) is 5.85. The van der Waals surface area contributed by atoms with E-state index in [1.807, 2.05) is 49.7 Å². The minimum Gasteiger partial charge on any atom is -0.497 e. The molecular formula is C24H23ClN4O2S. The number of para-hydroxylation sites is 1.